The fourth-order valence-electron chi connectivity index (χ4n) is 1.88. The zero-order valence-corrected chi connectivity index (χ0v) is 10.4. The molecular weight excluding hydrogens is 210 g/mol. The second-order valence-corrected chi connectivity index (χ2v) is 5.02. The second kappa shape index (κ2) is 4.41. The summed E-state index contributed by atoms with van der Waals surface area (Å²) in [4.78, 5) is 24.5. The van der Waals surface area contributed by atoms with Crippen LogP contribution in [0.1, 0.15) is 27.7 Å². The summed E-state index contributed by atoms with van der Waals surface area (Å²) >= 11 is 0. The van der Waals surface area contributed by atoms with Crippen LogP contribution >= 0.6 is 0 Å². The summed E-state index contributed by atoms with van der Waals surface area (Å²) in [6.07, 6.45) is -0.380. The smallest absolute Gasteiger partial charge is 0.331 e. The Bertz CT molecular complexity index is 295. The number of ether oxygens (including phenoxy) is 2. The van der Waals surface area contributed by atoms with Gasteiger partial charge in [0.05, 0.1) is 13.7 Å². The monoisotopic (exact) mass is 229 g/mol. The Kier molecular flexibility index (Phi) is 3.57. The third-order valence-corrected chi connectivity index (χ3v) is 2.58. The second-order valence-electron chi connectivity index (χ2n) is 5.02. The van der Waals surface area contributed by atoms with E-state index in [1.165, 1.54) is 18.9 Å². The molecule has 1 amide bonds. The van der Waals surface area contributed by atoms with Gasteiger partial charge in [0.1, 0.15) is 6.23 Å². The third kappa shape index (κ3) is 2.35. The maximum absolute atomic E-state index is 11.6. The molecule has 1 heterocycles. The summed E-state index contributed by atoms with van der Waals surface area (Å²) in [6, 6.07) is -0.619. The van der Waals surface area contributed by atoms with Crippen LogP contribution in [-0.4, -0.2) is 42.8 Å². The molecular formula is C11H19NO4. The van der Waals surface area contributed by atoms with E-state index in [9.17, 15) is 9.59 Å². The molecule has 0 bridgehead atoms. The van der Waals surface area contributed by atoms with Gasteiger partial charge in [0, 0.05) is 12.3 Å². The lowest BCUT2D eigenvalue weighted by Crippen LogP contribution is -2.49. The molecule has 1 rings (SSSR count). The molecule has 5 nitrogen and oxygen atoms in total. The highest BCUT2D eigenvalue weighted by atomic mass is 16.5. The first-order valence-electron chi connectivity index (χ1n) is 5.27. The average Bonchev–Trinajstić information content (AvgIpc) is 2.59. The summed E-state index contributed by atoms with van der Waals surface area (Å²) in [5.41, 5.74) is -0.228. The maximum Gasteiger partial charge on any atom is 0.331 e. The van der Waals surface area contributed by atoms with Crippen molar-refractivity contribution in [3.8, 4) is 0 Å². The Hall–Kier alpha value is -1.10. The standard InChI is InChI=1S/C11H19NO4/c1-7(13)12-8(9(14)15-5)6-16-10(12)11(2,3)4/h8,10H,6H2,1-5H3/t8-,10+/m0/s1. The van der Waals surface area contributed by atoms with Gasteiger partial charge >= 0.3 is 5.97 Å². The number of esters is 1. The van der Waals surface area contributed by atoms with Gasteiger partial charge < -0.3 is 14.4 Å². The largest absolute Gasteiger partial charge is 0.467 e. The van der Waals surface area contributed by atoms with Gasteiger partial charge in [-0.25, -0.2) is 4.79 Å². The van der Waals surface area contributed by atoms with E-state index in [4.69, 9.17) is 4.74 Å². The van der Waals surface area contributed by atoms with E-state index in [-0.39, 0.29) is 24.2 Å². The number of nitrogens with zero attached hydrogens (tertiary/aromatic N) is 1. The minimum atomic E-state index is -0.619. The van der Waals surface area contributed by atoms with Gasteiger partial charge in [-0.05, 0) is 0 Å². The van der Waals surface area contributed by atoms with E-state index >= 15 is 0 Å². The van der Waals surface area contributed by atoms with Crippen molar-refractivity contribution in [3.63, 3.8) is 0 Å². The first kappa shape index (κ1) is 13.0. The quantitative estimate of drug-likeness (QED) is 0.623. The van der Waals surface area contributed by atoms with Crippen molar-refractivity contribution in [1.29, 1.82) is 0 Å². The lowest BCUT2D eigenvalue weighted by molar-refractivity contribution is -0.154. The van der Waals surface area contributed by atoms with E-state index in [1.807, 2.05) is 20.8 Å². The molecule has 1 aliphatic heterocycles. The van der Waals surface area contributed by atoms with E-state index < -0.39 is 12.0 Å². The van der Waals surface area contributed by atoms with Gasteiger partial charge in [-0.1, -0.05) is 20.8 Å². The number of carbonyl (C=O) groups is 2. The highest BCUT2D eigenvalue weighted by Crippen LogP contribution is 2.32. The highest BCUT2D eigenvalue weighted by molar-refractivity contribution is 5.84. The van der Waals surface area contributed by atoms with Crippen molar-refractivity contribution in [2.24, 2.45) is 5.41 Å². The van der Waals surface area contributed by atoms with Gasteiger partial charge in [0.2, 0.25) is 5.91 Å². The van der Waals surface area contributed by atoms with Crippen molar-refractivity contribution < 1.29 is 19.1 Å². The number of rotatable bonds is 1. The van der Waals surface area contributed by atoms with Gasteiger partial charge in [0.15, 0.2) is 6.04 Å². The number of methoxy groups -OCH3 is 1. The molecule has 0 spiro atoms. The number of carbonyl (C=O) groups excluding carboxylic acids is 2. The fraction of sp³-hybridized carbons (Fsp3) is 0.818. The molecule has 0 aromatic rings. The summed E-state index contributed by atoms with van der Waals surface area (Å²) in [5, 5.41) is 0. The van der Waals surface area contributed by atoms with Gasteiger partial charge in [-0.3, -0.25) is 4.79 Å². The van der Waals surface area contributed by atoms with E-state index in [1.54, 1.807) is 0 Å². The summed E-state index contributed by atoms with van der Waals surface area (Å²) in [5.74, 6) is -0.602. The fourth-order valence-corrected chi connectivity index (χ4v) is 1.88. The molecule has 0 N–H and O–H groups in total. The van der Waals surface area contributed by atoms with Crippen LogP contribution in [0, 0.1) is 5.41 Å². The number of amides is 1. The third-order valence-electron chi connectivity index (χ3n) is 2.58. The van der Waals surface area contributed by atoms with Crippen LogP contribution in [0.25, 0.3) is 0 Å². The molecule has 5 heteroatoms. The van der Waals surface area contributed by atoms with Crippen molar-refractivity contribution in [3.05, 3.63) is 0 Å². The van der Waals surface area contributed by atoms with Crippen molar-refractivity contribution in [2.45, 2.75) is 40.0 Å². The molecule has 0 unspecified atom stereocenters. The molecule has 16 heavy (non-hydrogen) atoms. The Balaban J connectivity index is 2.94. The first-order chi connectivity index (χ1) is 7.29. The molecule has 0 aromatic heterocycles. The predicted molar refractivity (Wildman–Crippen MR) is 57.5 cm³/mol. The molecule has 1 fully saturated rings. The molecule has 1 saturated heterocycles. The van der Waals surface area contributed by atoms with Crippen LogP contribution in [0.2, 0.25) is 0 Å². The SMILES string of the molecule is COC(=O)[C@@H]1CO[C@H](C(C)(C)C)N1C(C)=O. The predicted octanol–water partition coefficient (Wildman–Crippen LogP) is 0.779. The van der Waals surface area contributed by atoms with E-state index in [0.29, 0.717) is 0 Å². The van der Waals surface area contributed by atoms with E-state index in [0.717, 1.165) is 0 Å². The Morgan fingerprint density at radius 2 is 1.94 bits per heavy atom. The van der Waals surface area contributed by atoms with Crippen LogP contribution in [0.5, 0.6) is 0 Å². The van der Waals surface area contributed by atoms with Gasteiger partial charge in [0.25, 0.3) is 0 Å². The average molecular weight is 229 g/mol. The summed E-state index contributed by atoms with van der Waals surface area (Å²) in [6.45, 7) is 7.53. The summed E-state index contributed by atoms with van der Waals surface area (Å²) < 4.78 is 10.2. The molecule has 2 atom stereocenters. The minimum Gasteiger partial charge on any atom is -0.467 e. The lowest BCUT2D eigenvalue weighted by Gasteiger charge is -2.34. The molecule has 0 radical (unpaired) electrons. The summed E-state index contributed by atoms with van der Waals surface area (Å²) in [7, 11) is 1.31. The molecule has 0 aromatic carbocycles. The Labute approximate surface area is 95.7 Å². The highest BCUT2D eigenvalue weighted by Gasteiger charge is 2.46. The van der Waals surface area contributed by atoms with Crippen LogP contribution in [0.15, 0.2) is 0 Å². The number of hydrogen-bond donors (Lipinski definition) is 0. The van der Waals surface area contributed by atoms with Crippen molar-refractivity contribution in [2.75, 3.05) is 13.7 Å². The van der Waals surface area contributed by atoms with Crippen molar-refractivity contribution in [1.82, 2.24) is 4.90 Å². The van der Waals surface area contributed by atoms with Crippen molar-refractivity contribution >= 4 is 11.9 Å². The molecule has 0 saturated carbocycles. The van der Waals surface area contributed by atoms with Crippen LogP contribution < -0.4 is 0 Å². The van der Waals surface area contributed by atoms with Gasteiger partial charge in [-0.2, -0.15) is 0 Å². The normalized spacial score (nSPS) is 25.7. The molecule has 0 aliphatic carbocycles. The van der Waals surface area contributed by atoms with Crippen LogP contribution in [-0.2, 0) is 19.1 Å². The Morgan fingerprint density at radius 3 is 2.31 bits per heavy atom. The number of hydrogen-bond acceptors (Lipinski definition) is 4. The Morgan fingerprint density at radius 1 is 1.38 bits per heavy atom. The van der Waals surface area contributed by atoms with E-state index in [2.05, 4.69) is 4.74 Å². The molecule has 1 aliphatic rings. The first-order valence-corrected chi connectivity index (χ1v) is 5.27. The van der Waals surface area contributed by atoms with Crippen LogP contribution in [0.3, 0.4) is 0 Å². The minimum absolute atomic E-state index is 0.173. The zero-order valence-electron chi connectivity index (χ0n) is 10.4. The topological polar surface area (TPSA) is 55.8 Å². The molecule has 92 valence electrons. The van der Waals surface area contributed by atoms with Gasteiger partial charge in [-0.15, -0.1) is 0 Å². The lowest BCUT2D eigenvalue weighted by atomic mass is 9.93. The zero-order chi connectivity index (χ0) is 12.5. The maximum atomic E-state index is 11.6. The van der Waals surface area contributed by atoms with Crippen LogP contribution in [0.4, 0.5) is 0 Å².